The quantitative estimate of drug-likeness (QED) is 0.835. The Bertz CT molecular complexity index is 720. The van der Waals surface area contributed by atoms with Crippen molar-refractivity contribution in [2.75, 3.05) is 18.4 Å². The van der Waals surface area contributed by atoms with Gasteiger partial charge in [0, 0.05) is 12.2 Å². The fraction of sp³-hybridized carbons (Fsp3) is 0.350. The van der Waals surface area contributed by atoms with E-state index in [1.165, 1.54) is 36.6 Å². The number of anilines is 1. The summed E-state index contributed by atoms with van der Waals surface area (Å²) in [5.41, 5.74) is 1.70. The first kappa shape index (κ1) is 17.9. The predicted octanol–water partition coefficient (Wildman–Crippen LogP) is 4.96. The van der Waals surface area contributed by atoms with Gasteiger partial charge in [-0.05, 0) is 61.7 Å². The Balaban J connectivity index is 1.62. The lowest BCUT2D eigenvalue weighted by atomic mass is 9.99. The van der Waals surface area contributed by atoms with Gasteiger partial charge in [-0.1, -0.05) is 36.7 Å². The Labute approximate surface area is 152 Å². The van der Waals surface area contributed by atoms with E-state index in [0.29, 0.717) is 5.69 Å². The molecule has 1 heterocycles. The van der Waals surface area contributed by atoms with Crippen molar-refractivity contribution in [1.29, 1.82) is 0 Å². The maximum atomic E-state index is 13.8. The van der Waals surface area contributed by atoms with Crippen molar-refractivity contribution >= 4 is 23.2 Å². The fourth-order valence-corrected chi connectivity index (χ4v) is 3.33. The van der Waals surface area contributed by atoms with Crippen LogP contribution in [0.1, 0.15) is 35.7 Å². The maximum Gasteiger partial charge on any atom is 0.260 e. The molecule has 1 N–H and O–H groups in total. The number of rotatable bonds is 4. The molecule has 0 bridgehead atoms. The summed E-state index contributed by atoms with van der Waals surface area (Å²) < 4.78 is 13.8. The number of amides is 1. The molecule has 2 aromatic carbocycles. The molecule has 5 heteroatoms. The first-order valence-corrected chi connectivity index (χ1v) is 8.97. The molecule has 0 saturated carbocycles. The van der Waals surface area contributed by atoms with Crippen LogP contribution in [0.4, 0.5) is 10.1 Å². The van der Waals surface area contributed by atoms with Crippen molar-refractivity contribution in [2.24, 2.45) is 5.92 Å². The highest BCUT2D eigenvalue weighted by molar-refractivity contribution is 6.34. The molecule has 1 aliphatic rings. The zero-order valence-corrected chi connectivity index (χ0v) is 15.0. The standard InChI is InChI=1S/C20H22ClFN2O/c1-14-9-11-24(12-10-14)13-15-5-7-16(8-6-15)23-20(25)19-17(21)3-2-4-18(19)22/h2-8,14H,9-13H2,1H3,(H,23,25). The Morgan fingerprint density at radius 1 is 1.20 bits per heavy atom. The fourth-order valence-electron chi connectivity index (χ4n) is 3.08. The first-order valence-electron chi connectivity index (χ1n) is 8.59. The second-order valence-electron chi connectivity index (χ2n) is 6.71. The second kappa shape index (κ2) is 7.98. The van der Waals surface area contributed by atoms with Crippen LogP contribution in [-0.2, 0) is 6.54 Å². The number of nitrogens with zero attached hydrogens (tertiary/aromatic N) is 1. The number of hydrogen-bond acceptors (Lipinski definition) is 2. The molecular formula is C20H22ClFN2O. The van der Waals surface area contributed by atoms with Crippen molar-refractivity contribution in [3.8, 4) is 0 Å². The van der Waals surface area contributed by atoms with E-state index in [9.17, 15) is 9.18 Å². The van der Waals surface area contributed by atoms with Crippen LogP contribution in [0.3, 0.4) is 0 Å². The Morgan fingerprint density at radius 3 is 2.52 bits per heavy atom. The smallest absolute Gasteiger partial charge is 0.260 e. The molecule has 132 valence electrons. The van der Waals surface area contributed by atoms with Crippen molar-refractivity contribution < 1.29 is 9.18 Å². The van der Waals surface area contributed by atoms with Crippen LogP contribution in [0.25, 0.3) is 0 Å². The second-order valence-corrected chi connectivity index (χ2v) is 7.11. The number of likely N-dealkylation sites (tertiary alicyclic amines) is 1. The molecule has 3 rings (SSSR count). The molecule has 0 unspecified atom stereocenters. The highest BCUT2D eigenvalue weighted by Crippen LogP contribution is 2.22. The van der Waals surface area contributed by atoms with Crippen LogP contribution in [0.15, 0.2) is 42.5 Å². The van der Waals surface area contributed by atoms with Gasteiger partial charge < -0.3 is 5.32 Å². The molecule has 1 saturated heterocycles. The van der Waals surface area contributed by atoms with Crippen molar-refractivity contribution in [1.82, 2.24) is 4.90 Å². The monoisotopic (exact) mass is 360 g/mol. The van der Waals surface area contributed by atoms with Crippen molar-refractivity contribution in [2.45, 2.75) is 26.3 Å². The van der Waals surface area contributed by atoms with Crippen LogP contribution in [0.2, 0.25) is 5.02 Å². The molecule has 0 aliphatic carbocycles. The summed E-state index contributed by atoms with van der Waals surface area (Å²) in [6, 6.07) is 11.9. The van der Waals surface area contributed by atoms with Gasteiger partial charge in [0.2, 0.25) is 0 Å². The lowest BCUT2D eigenvalue weighted by Crippen LogP contribution is -2.32. The van der Waals surface area contributed by atoms with E-state index in [2.05, 4.69) is 17.1 Å². The highest BCUT2D eigenvalue weighted by Gasteiger charge is 2.17. The van der Waals surface area contributed by atoms with Crippen LogP contribution in [0, 0.1) is 11.7 Å². The molecule has 1 fully saturated rings. The third-order valence-electron chi connectivity index (χ3n) is 4.68. The average Bonchev–Trinajstić information content (AvgIpc) is 2.58. The molecule has 1 aliphatic heterocycles. The van der Waals surface area contributed by atoms with Crippen molar-refractivity contribution in [3.05, 3.63) is 64.4 Å². The molecule has 0 spiro atoms. The summed E-state index contributed by atoms with van der Waals surface area (Å²) >= 11 is 5.93. The minimum absolute atomic E-state index is 0.105. The highest BCUT2D eigenvalue weighted by atomic mass is 35.5. The summed E-state index contributed by atoms with van der Waals surface area (Å²) in [7, 11) is 0. The van der Waals surface area contributed by atoms with E-state index >= 15 is 0 Å². The summed E-state index contributed by atoms with van der Waals surface area (Å²) in [6.45, 7) is 5.48. The molecule has 3 nitrogen and oxygen atoms in total. The van der Waals surface area contributed by atoms with E-state index in [4.69, 9.17) is 11.6 Å². The summed E-state index contributed by atoms with van der Waals surface area (Å²) in [4.78, 5) is 14.7. The zero-order valence-electron chi connectivity index (χ0n) is 14.3. The van der Waals surface area contributed by atoms with E-state index in [1.54, 1.807) is 0 Å². The van der Waals surface area contributed by atoms with E-state index in [-0.39, 0.29) is 10.6 Å². The van der Waals surface area contributed by atoms with E-state index < -0.39 is 11.7 Å². The van der Waals surface area contributed by atoms with E-state index in [1.807, 2.05) is 24.3 Å². The maximum absolute atomic E-state index is 13.8. The number of hydrogen-bond donors (Lipinski definition) is 1. The third kappa shape index (κ3) is 4.59. The molecule has 0 atom stereocenters. The van der Waals surface area contributed by atoms with Gasteiger partial charge >= 0.3 is 0 Å². The van der Waals surface area contributed by atoms with Gasteiger partial charge in [0.25, 0.3) is 5.91 Å². The first-order chi connectivity index (χ1) is 12.0. The summed E-state index contributed by atoms with van der Waals surface area (Å²) in [6.07, 6.45) is 2.50. The van der Waals surface area contributed by atoms with Crippen LogP contribution in [-0.4, -0.2) is 23.9 Å². The molecule has 2 aromatic rings. The molecule has 25 heavy (non-hydrogen) atoms. The number of nitrogens with one attached hydrogen (secondary N) is 1. The average molecular weight is 361 g/mol. The van der Waals surface area contributed by atoms with Gasteiger partial charge in [-0.2, -0.15) is 0 Å². The molecular weight excluding hydrogens is 339 g/mol. The van der Waals surface area contributed by atoms with Gasteiger partial charge in [0.15, 0.2) is 0 Å². The van der Waals surface area contributed by atoms with Crippen LogP contribution < -0.4 is 5.32 Å². The van der Waals surface area contributed by atoms with Gasteiger partial charge in [-0.25, -0.2) is 4.39 Å². The normalized spacial score (nSPS) is 16.0. The molecule has 0 aromatic heterocycles. The van der Waals surface area contributed by atoms with E-state index in [0.717, 1.165) is 25.6 Å². The number of halogens is 2. The number of benzene rings is 2. The summed E-state index contributed by atoms with van der Waals surface area (Å²) in [5.74, 6) is -0.346. The number of carbonyl (C=O) groups is 1. The molecule has 1 amide bonds. The topological polar surface area (TPSA) is 32.3 Å². The van der Waals surface area contributed by atoms with Gasteiger partial charge in [-0.15, -0.1) is 0 Å². The van der Waals surface area contributed by atoms with Crippen LogP contribution >= 0.6 is 11.6 Å². The Kier molecular flexibility index (Phi) is 5.71. The predicted molar refractivity (Wildman–Crippen MR) is 99.5 cm³/mol. The minimum atomic E-state index is -0.624. The third-order valence-corrected chi connectivity index (χ3v) is 5.00. The van der Waals surface area contributed by atoms with Gasteiger partial charge in [0.05, 0.1) is 10.6 Å². The number of piperidine rings is 1. The number of carbonyl (C=O) groups excluding carboxylic acids is 1. The lowest BCUT2D eigenvalue weighted by Gasteiger charge is -2.30. The van der Waals surface area contributed by atoms with Crippen molar-refractivity contribution in [3.63, 3.8) is 0 Å². The molecule has 0 radical (unpaired) electrons. The zero-order chi connectivity index (χ0) is 17.8. The van der Waals surface area contributed by atoms with Gasteiger partial charge in [0.1, 0.15) is 5.82 Å². The summed E-state index contributed by atoms with van der Waals surface area (Å²) in [5, 5.41) is 2.80. The largest absolute Gasteiger partial charge is 0.322 e. The van der Waals surface area contributed by atoms with Gasteiger partial charge in [-0.3, -0.25) is 9.69 Å². The van der Waals surface area contributed by atoms with Crippen LogP contribution in [0.5, 0.6) is 0 Å². The lowest BCUT2D eigenvalue weighted by molar-refractivity contribution is 0.102. The Hall–Kier alpha value is -1.91. The Morgan fingerprint density at radius 2 is 1.88 bits per heavy atom. The SMILES string of the molecule is CC1CCN(Cc2ccc(NC(=O)c3c(F)cccc3Cl)cc2)CC1. The minimum Gasteiger partial charge on any atom is -0.322 e.